The first-order valence-electron chi connectivity index (χ1n) is 7.88. The summed E-state index contributed by atoms with van der Waals surface area (Å²) in [5.41, 5.74) is 2.18. The molecule has 0 unspecified atom stereocenters. The number of rotatable bonds is 6. The van der Waals surface area contributed by atoms with Gasteiger partial charge in [0.05, 0.1) is 10.6 Å². The fourth-order valence-corrected chi connectivity index (χ4v) is 3.09. The zero-order valence-corrected chi connectivity index (χ0v) is 14.2. The molecular formula is C19H17F3N2S. The van der Waals surface area contributed by atoms with Crippen LogP contribution < -0.4 is 5.32 Å². The SMILES string of the molecule is FC(F)(F)c1ccc(-c2ccc(CNCCc3nccs3)cc2)cc1. The van der Waals surface area contributed by atoms with E-state index in [1.807, 2.05) is 29.6 Å². The van der Waals surface area contributed by atoms with Crippen molar-refractivity contribution in [2.24, 2.45) is 0 Å². The van der Waals surface area contributed by atoms with Gasteiger partial charge in [-0.2, -0.15) is 13.2 Å². The number of nitrogens with one attached hydrogen (secondary N) is 1. The zero-order chi connectivity index (χ0) is 17.7. The Balaban J connectivity index is 1.54. The maximum Gasteiger partial charge on any atom is 0.416 e. The maximum atomic E-state index is 12.6. The van der Waals surface area contributed by atoms with Gasteiger partial charge in [0.2, 0.25) is 0 Å². The quantitative estimate of drug-likeness (QED) is 0.613. The molecule has 3 aromatic rings. The van der Waals surface area contributed by atoms with Gasteiger partial charge in [0.25, 0.3) is 0 Å². The van der Waals surface area contributed by atoms with E-state index in [1.54, 1.807) is 17.5 Å². The van der Waals surface area contributed by atoms with Crippen molar-refractivity contribution in [2.45, 2.75) is 19.1 Å². The molecule has 0 atom stereocenters. The van der Waals surface area contributed by atoms with E-state index in [-0.39, 0.29) is 0 Å². The summed E-state index contributed by atoms with van der Waals surface area (Å²) in [6.07, 6.45) is -1.59. The third-order valence-electron chi connectivity index (χ3n) is 3.83. The Morgan fingerprint density at radius 1 is 0.920 bits per heavy atom. The maximum absolute atomic E-state index is 12.6. The van der Waals surface area contributed by atoms with Crippen LogP contribution in [0, 0.1) is 0 Å². The molecule has 0 fully saturated rings. The molecule has 130 valence electrons. The van der Waals surface area contributed by atoms with Gasteiger partial charge in [-0.1, -0.05) is 36.4 Å². The highest BCUT2D eigenvalue weighted by atomic mass is 32.1. The van der Waals surface area contributed by atoms with Crippen LogP contribution in [-0.2, 0) is 19.1 Å². The minimum Gasteiger partial charge on any atom is -0.312 e. The van der Waals surface area contributed by atoms with Crippen molar-refractivity contribution < 1.29 is 13.2 Å². The van der Waals surface area contributed by atoms with Crippen molar-refractivity contribution in [3.8, 4) is 11.1 Å². The molecule has 0 aliphatic rings. The second-order valence-corrected chi connectivity index (χ2v) is 6.60. The number of benzene rings is 2. The van der Waals surface area contributed by atoms with E-state index in [2.05, 4.69) is 10.3 Å². The van der Waals surface area contributed by atoms with E-state index < -0.39 is 11.7 Å². The predicted molar refractivity (Wildman–Crippen MR) is 94.4 cm³/mol. The number of thiazole rings is 1. The third kappa shape index (κ3) is 4.90. The highest BCUT2D eigenvalue weighted by molar-refractivity contribution is 7.09. The van der Waals surface area contributed by atoms with Crippen molar-refractivity contribution in [1.29, 1.82) is 0 Å². The molecule has 2 aromatic carbocycles. The molecular weight excluding hydrogens is 345 g/mol. The minimum atomic E-state index is -4.30. The second kappa shape index (κ2) is 7.80. The van der Waals surface area contributed by atoms with Crippen LogP contribution >= 0.6 is 11.3 Å². The molecule has 0 aliphatic heterocycles. The van der Waals surface area contributed by atoms with E-state index in [0.29, 0.717) is 0 Å². The van der Waals surface area contributed by atoms with Gasteiger partial charge in [0.1, 0.15) is 0 Å². The zero-order valence-electron chi connectivity index (χ0n) is 13.4. The summed E-state index contributed by atoms with van der Waals surface area (Å²) in [5.74, 6) is 0. The van der Waals surface area contributed by atoms with Gasteiger partial charge >= 0.3 is 6.18 Å². The Hall–Kier alpha value is -2.18. The van der Waals surface area contributed by atoms with Crippen molar-refractivity contribution in [3.05, 3.63) is 76.2 Å². The lowest BCUT2D eigenvalue weighted by Gasteiger charge is -2.09. The highest BCUT2D eigenvalue weighted by Gasteiger charge is 2.29. The molecule has 1 heterocycles. The first-order valence-corrected chi connectivity index (χ1v) is 8.76. The van der Waals surface area contributed by atoms with Crippen LogP contribution in [-0.4, -0.2) is 11.5 Å². The van der Waals surface area contributed by atoms with Gasteiger partial charge < -0.3 is 5.32 Å². The standard InChI is InChI=1S/C19H17F3N2S/c20-19(21,22)17-7-5-16(6-8-17)15-3-1-14(2-4-15)13-23-10-9-18-24-11-12-25-18/h1-8,11-12,23H,9-10,13H2. The molecule has 2 nitrogen and oxygen atoms in total. The molecule has 3 rings (SSSR count). The Labute approximate surface area is 148 Å². The molecule has 25 heavy (non-hydrogen) atoms. The van der Waals surface area contributed by atoms with Crippen LogP contribution in [0.25, 0.3) is 11.1 Å². The first kappa shape index (κ1) is 17.6. The molecule has 0 saturated heterocycles. The van der Waals surface area contributed by atoms with Crippen LogP contribution in [0.3, 0.4) is 0 Å². The predicted octanol–water partition coefficient (Wildman–Crippen LogP) is 5.16. The van der Waals surface area contributed by atoms with Crippen LogP contribution in [0.5, 0.6) is 0 Å². The average molecular weight is 362 g/mol. The van der Waals surface area contributed by atoms with Crippen molar-refractivity contribution in [1.82, 2.24) is 10.3 Å². The lowest BCUT2D eigenvalue weighted by atomic mass is 10.0. The molecule has 6 heteroatoms. The lowest BCUT2D eigenvalue weighted by Crippen LogP contribution is -2.16. The smallest absolute Gasteiger partial charge is 0.312 e. The van der Waals surface area contributed by atoms with Gasteiger partial charge in [-0.15, -0.1) is 11.3 Å². The van der Waals surface area contributed by atoms with E-state index in [0.717, 1.165) is 53.3 Å². The minimum absolute atomic E-state index is 0.627. The van der Waals surface area contributed by atoms with Crippen LogP contribution in [0.1, 0.15) is 16.1 Å². The van der Waals surface area contributed by atoms with Gasteiger partial charge in [0.15, 0.2) is 0 Å². The van der Waals surface area contributed by atoms with Crippen LogP contribution in [0.15, 0.2) is 60.1 Å². The fraction of sp³-hybridized carbons (Fsp3) is 0.211. The summed E-state index contributed by atoms with van der Waals surface area (Å²) >= 11 is 1.65. The molecule has 0 radical (unpaired) electrons. The number of hydrogen-bond acceptors (Lipinski definition) is 3. The largest absolute Gasteiger partial charge is 0.416 e. The lowest BCUT2D eigenvalue weighted by molar-refractivity contribution is -0.137. The third-order valence-corrected chi connectivity index (χ3v) is 4.67. The Morgan fingerprint density at radius 3 is 2.12 bits per heavy atom. The van der Waals surface area contributed by atoms with Crippen LogP contribution in [0.2, 0.25) is 0 Å². The van der Waals surface area contributed by atoms with Gasteiger partial charge in [-0.3, -0.25) is 0 Å². The summed E-state index contributed by atoms with van der Waals surface area (Å²) in [7, 11) is 0. The average Bonchev–Trinajstić information content (AvgIpc) is 3.12. The topological polar surface area (TPSA) is 24.9 Å². The first-order chi connectivity index (χ1) is 12.0. The summed E-state index contributed by atoms with van der Waals surface area (Å²) < 4.78 is 37.8. The highest BCUT2D eigenvalue weighted by Crippen LogP contribution is 2.31. The number of hydrogen-bond donors (Lipinski definition) is 1. The van der Waals surface area contributed by atoms with E-state index in [9.17, 15) is 13.2 Å². The molecule has 0 aliphatic carbocycles. The number of aromatic nitrogens is 1. The molecule has 0 bridgehead atoms. The van der Waals surface area contributed by atoms with E-state index in [4.69, 9.17) is 0 Å². The fourth-order valence-electron chi connectivity index (χ4n) is 2.47. The van der Waals surface area contributed by atoms with E-state index >= 15 is 0 Å². The molecule has 0 saturated carbocycles. The Kier molecular flexibility index (Phi) is 5.50. The molecule has 0 spiro atoms. The Morgan fingerprint density at radius 2 is 1.56 bits per heavy atom. The molecule has 1 N–H and O–H groups in total. The van der Waals surface area contributed by atoms with Crippen molar-refractivity contribution in [2.75, 3.05) is 6.54 Å². The Bertz CT molecular complexity index is 779. The van der Waals surface area contributed by atoms with Gasteiger partial charge in [-0.25, -0.2) is 4.98 Å². The summed E-state index contributed by atoms with van der Waals surface area (Å²) in [4.78, 5) is 4.24. The van der Waals surface area contributed by atoms with E-state index in [1.165, 1.54) is 12.1 Å². The van der Waals surface area contributed by atoms with Gasteiger partial charge in [-0.05, 0) is 28.8 Å². The number of nitrogens with zero attached hydrogens (tertiary/aromatic N) is 1. The van der Waals surface area contributed by atoms with Crippen LogP contribution in [0.4, 0.5) is 13.2 Å². The molecule has 1 aromatic heterocycles. The summed E-state index contributed by atoms with van der Waals surface area (Å²) in [6.45, 7) is 1.60. The molecule has 0 amide bonds. The van der Waals surface area contributed by atoms with Crippen molar-refractivity contribution in [3.63, 3.8) is 0 Å². The monoisotopic (exact) mass is 362 g/mol. The summed E-state index contributed by atoms with van der Waals surface area (Å²) in [6, 6.07) is 13.1. The van der Waals surface area contributed by atoms with Crippen molar-refractivity contribution >= 4 is 11.3 Å². The number of alkyl halides is 3. The number of halogens is 3. The van der Waals surface area contributed by atoms with Gasteiger partial charge in [0, 0.05) is 31.1 Å². The summed E-state index contributed by atoms with van der Waals surface area (Å²) in [5, 5.41) is 6.45. The normalized spacial score (nSPS) is 11.6. The second-order valence-electron chi connectivity index (χ2n) is 5.62.